The number of nitrogens with one attached hydrogen (secondary N) is 3. The Labute approximate surface area is 151 Å². The fourth-order valence-corrected chi connectivity index (χ4v) is 3.10. The molecule has 0 saturated carbocycles. The van der Waals surface area contributed by atoms with Crippen LogP contribution >= 0.6 is 11.9 Å². The highest BCUT2D eigenvalue weighted by molar-refractivity contribution is 7.97. The van der Waals surface area contributed by atoms with Crippen molar-refractivity contribution >= 4 is 41.1 Å². The van der Waals surface area contributed by atoms with Crippen LogP contribution in [0.15, 0.2) is 53.6 Å². The van der Waals surface area contributed by atoms with Crippen molar-refractivity contribution in [1.29, 1.82) is 0 Å². The Balaban J connectivity index is 1.84. The first-order valence-corrected chi connectivity index (χ1v) is 8.78. The molecule has 2 aromatic rings. The van der Waals surface area contributed by atoms with Crippen LogP contribution in [0.25, 0.3) is 5.57 Å². The zero-order chi connectivity index (χ0) is 17.8. The van der Waals surface area contributed by atoms with Gasteiger partial charge in [-0.05, 0) is 56.1 Å². The van der Waals surface area contributed by atoms with E-state index in [1.54, 1.807) is 36.3 Å². The van der Waals surface area contributed by atoms with Crippen LogP contribution in [-0.2, 0) is 4.79 Å². The number of hydrogen-bond donors (Lipinski definition) is 3. The highest BCUT2D eigenvalue weighted by Crippen LogP contribution is 2.34. The van der Waals surface area contributed by atoms with Gasteiger partial charge in [0.2, 0.25) is 0 Å². The summed E-state index contributed by atoms with van der Waals surface area (Å²) in [5.74, 6) is -0.145. The first-order chi connectivity index (χ1) is 12.1. The van der Waals surface area contributed by atoms with Crippen LogP contribution in [0.2, 0.25) is 0 Å². The molecule has 2 aromatic carbocycles. The van der Waals surface area contributed by atoms with Crippen LogP contribution < -0.4 is 15.4 Å². The second kappa shape index (κ2) is 7.55. The van der Waals surface area contributed by atoms with E-state index in [1.807, 2.05) is 24.3 Å². The van der Waals surface area contributed by atoms with Gasteiger partial charge in [-0.3, -0.25) is 14.3 Å². The summed E-state index contributed by atoms with van der Waals surface area (Å²) in [6.07, 6.45) is 2.47. The highest BCUT2D eigenvalue weighted by atomic mass is 32.2. The number of carbonyl (C=O) groups is 2. The lowest BCUT2D eigenvalue weighted by Gasteiger charge is -2.08. The number of rotatable bonds is 6. The quantitative estimate of drug-likeness (QED) is 0.417. The molecular formula is C19H19N3O2S. The summed E-state index contributed by atoms with van der Waals surface area (Å²) in [6.45, 7) is 4.16. The van der Waals surface area contributed by atoms with Gasteiger partial charge in [-0.15, -0.1) is 0 Å². The van der Waals surface area contributed by atoms with Crippen LogP contribution in [0.4, 0.5) is 11.4 Å². The van der Waals surface area contributed by atoms with Crippen LogP contribution in [0.3, 0.4) is 0 Å². The summed E-state index contributed by atoms with van der Waals surface area (Å²) >= 11 is 1.54. The number of hydrogen-bond acceptors (Lipinski definition) is 5. The van der Waals surface area contributed by atoms with Gasteiger partial charge in [-0.1, -0.05) is 12.1 Å². The number of fused-ring (bicyclic) bond motifs is 1. The molecule has 3 rings (SSSR count). The molecule has 3 N–H and O–H groups in total. The first kappa shape index (κ1) is 17.3. The van der Waals surface area contributed by atoms with Gasteiger partial charge >= 0.3 is 0 Å². The van der Waals surface area contributed by atoms with Crippen LogP contribution in [-0.4, -0.2) is 18.2 Å². The lowest BCUT2D eigenvalue weighted by atomic mass is 10.1. The van der Waals surface area contributed by atoms with E-state index >= 15 is 0 Å². The predicted octanol–water partition coefficient (Wildman–Crippen LogP) is 3.91. The summed E-state index contributed by atoms with van der Waals surface area (Å²) in [7, 11) is 0. The summed E-state index contributed by atoms with van der Waals surface area (Å²) in [6, 6.07) is 13.3. The van der Waals surface area contributed by atoms with Crippen molar-refractivity contribution in [1.82, 2.24) is 4.72 Å². The van der Waals surface area contributed by atoms with E-state index in [1.165, 1.54) is 0 Å². The van der Waals surface area contributed by atoms with E-state index in [2.05, 4.69) is 29.2 Å². The standard InChI is InChI=1S/C19H19N3O2S/c1-12(2)22-25-15-6-7-18-16(9-15)17(19(24)21-18)10-20-14-5-3-4-13(8-14)11-23/h3-12,20,22H,1-2H3,(H,21,24)/b17-10-. The van der Waals surface area contributed by atoms with Gasteiger partial charge in [0.15, 0.2) is 0 Å². The van der Waals surface area contributed by atoms with Crippen molar-refractivity contribution < 1.29 is 9.59 Å². The molecule has 1 heterocycles. The molecule has 1 amide bonds. The van der Waals surface area contributed by atoms with E-state index in [9.17, 15) is 9.59 Å². The van der Waals surface area contributed by atoms with Gasteiger partial charge in [-0.2, -0.15) is 0 Å². The molecule has 0 aromatic heterocycles. The molecule has 5 nitrogen and oxygen atoms in total. The Morgan fingerprint density at radius 2 is 2.00 bits per heavy atom. The minimum Gasteiger partial charge on any atom is -0.361 e. The molecule has 0 unspecified atom stereocenters. The minimum atomic E-state index is -0.145. The maximum Gasteiger partial charge on any atom is 0.257 e. The zero-order valence-electron chi connectivity index (χ0n) is 14.0. The third-order valence-electron chi connectivity index (χ3n) is 3.59. The molecule has 1 aliphatic rings. The Bertz CT molecular complexity index is 846. The first-order valence-electron chi connectivity index (χ1n) is 7.97. The molecule has 0 bridgehead atoms. The van der Waals surface area contributed by atoms with E-state index in [4.69, 9.17) is 0 Å². The lowest BCUT2D eigenvalue weighted by Crippen LogP contribution is -2.13. The molecule has 128 valence electrons. The third-order valence-corrected chi connectivity index (χ3v) is 4.67. The van der Waals surface area contributed by atoms with Gasteiger partial charge in [0.1, 0.15) is 6.29 Å². The number of anilines is 2. The fraction of sp³-hybridized carbons (Fsp3) is 0.158. The normalized spacial score (nSPS) is 14.5. The topological polar surface area (TPSA) is 70.2 Å². The predicted molar refractivity (Wildman–Crippen MR) is 103 cm³/mol. The molecule has 25 heavy (non-hydrogen) atoms. The van der Waals surface area contributed by atoms with Gasteiger partial charge in [0, 0.05) is 39.6 Å². The van der Waals surface area contributed by atoms with Crippen molar-refractivity contribution in [2.24, 2.45) is 0 Å². The SMILES string of the molecule is CC(C)NSc1ccc2c(c1)/C(=C/Nc1cccc(C=O)c1)C(=O)N2. The maximum atomic E-state index is 12.3. The molecule has 1 aliphatic heterocycles. The number of aldehydes is 1. The summed E-state index contributed by atoms with van der Waals surface area (Å²) in [5.41, 5.74) is 3.56. The average molecular weight is 353 g/mol. The number of amides is 1. The summed E-state index contributed by atoms with van der Waals surface area (Å²) in [4.78, 5) is 24.2. The van der Waals surface area contributed by atoms with Gasteiger partial charge in [-0.25, -0.2) is 0 Å². The molecule has 0 atom stereocenters. The second-order valence-corrected chi connectivity index (χ2v) is 6.89. The van der Waals surface area contributed by atoms with E-state index in [0.717, 1.165) is 28.1 Å². The lowest BCUT2D eigenvalue weighted by molar-refractivity contribution is -0.110. The average Bonchev–Trinajstić information content (AvgIpc) is 2.93. The largest absolute Gasteiger partial charge is 0.361 e. The summed E-state index contributed by atoms with van der Waals surface area (Å²) < 4.78 is 3.29. The maximum absolute atomic E-state index is 12.3. The van der Waals surface area contributed by atoms with Gasteiger partial charge < -0.3 is 10.6 Å². The molecule has 0 fully saturated rings. The second-order valence-electron chi connectivity index (χ2n) is 5.98. The van der Waals surface area contributed by atoms with E-state index in [-0.39, 0.29) is 5.91 Å². The Hall–Kier alpha value is -2.57. The van der Waals surface area contributed by atoms with Crippen molar-refractivity contribution in [3.63, 3.8) is 0 Å². The van der Waals surface area contributed by atoms with Crippen LogP contribution in [0.5, 0.6) is 0 Å². The third kappa shape index (κ3) is 4.10. The van der Waals surface area contributed by atoms with Crippen molar-refractivity contribution in [2.45, 2.75) is 24.8 Å². The molecule has 0 spiro atoms. The minimum absolute atomic E-state index is 0.145. The Kier molecular flexibility index (Phi) is 5.21. The number of carbonyl (C=O) groups excluding carboxylic acids is 2. The van der Waals surface area contributed by atoms with E-state index in [0.29, 0.717) is 17.2 Å². The van der Waals surface area contributed by atoms with Crippen LogP contribution in [0.1, 0.15) is 29.8 Å². The van der Waals surface area contributed by atoms with Crippen LogP contribution in [0, 0.1) is 0 Å². The monoisotopic (exact) mass is 353 g/mol. The van der Waals surface area contributed by atoms with Gasteiger partial charge in [0.05, 0.1) is 5.57 Å². The fourth-order valence-electron chi connectivity index (χ4n) is 2.42. The van der Waals surface area contributed by atoms with E-state index < -0.39 is 0 Å². The van der Waals surface area contributed by atoms with Gasteiger partial charge in [0.25, 0.3) is 5.91 Å². The van der Waals surface area contributed by atoms with Crippen molar-refractivity contribution in [2.75, 3.05) is 10.6 Å². The number of benzene rings is 2. The highest BCUT2D eigenvalue weighted by Gasteiger charge is 2.24. The van der Waals surface area contributed by atoms with Crippen molar-refractivity contribution in [3.8, 4) is 0 Å². The smallest absolute Gasteiger partial charge is 0.257 e. The molecule has 0 saturated heterocycles. The molecule has 6 heteroatoms. The Morgan fingerprint density at radius 1 is 1.16 bits per heavy atom. The molecular weight excluding hydrogens is 334 g/mol. The zero-order valence-corrected chi connectivity index (χ0v) is 14.8. The molecule has 0 radical (unpaired) electrons. The van der Waals surface area contributed by atoms with Crippen molar-refractivity contribution in [3.05, 3.63) is 59.8 Å². The Morgan fingerprint density at radius 3 is 2.76 bits per heavy atom. The summed E-state index contributed by atoms with van der Waals surface area (Å²) in [5, 5.41) is 5.96. The molecule has 0 aliphatic carbocycles.